The van der Waals surface area contributed by atoms with Crippen molar-refractivity contribution >= 4 is 34.5 Å². The van der Waals surface area contributed by atoms with E-state index in [2.05, 4.69) is 10.3 Å². The highest BCUT2D eigenvalue weighted by Gasteiger charge is 2.13. The molecule has 0 fully saturated rings. The zero-order valence-corrected chi connectivity index (χ0v) is 15.5. The number of oxazole rings is 1. The number of para-hydroxylation sites is 2. The number of phenols is 1. The predicted molar refractivity (Wildman–Crippen MR) is 112 cm³/mol. The number of non-ortho nitro benzene ring substituents is 1. The van der Waals surface area contributed by atoms with Crippen LogP contribution < -0.4 is 5.32 Å². The molecule has 0 saturated heterocycles. The highest BCUT2D eigenvalue weighted by molar-refractivity contribution is 6.02. The number of carbonyl (C=O) groups excluding carboxylic acids is 1. The van der Waals surface area contributed by atoms with Crippen LogP contribution in [0.1, 0.15) is 5.56 Å². The number of nitro benzene ring substituents is 1. The minimum atomic E-state index is -0.501. The van der Waals surface area contributed by atoms with Crippen LogP contribution >= 0.6 is 0 Å². The number of hydrogen-bond donors (Lipinski definition) is 2. The molecule has 1 heterocycles. The quantitative estimate of drug-likeness (QED) is 0.283. The van der Waals surface area contributed by atoms with Crippen LogP contribution in [0.25, 0.3) is 28.6 Å². The molecule has 8 heteroatoms. The molecule has 3 aromatic carbocycles. The first kappa shape index (κ1) is 18.9. The Morgan fingerprint density at radius 1 is 1.10 bits per heavy atom. The van der Waals surface area contributed by atoms with Crippen LogP contribution in [0.2, 0.25) is 0 Å². The molecule has 0 saturated carbocycles. The molecule has 0 unspecified atom stereocenters. The monoisotopic (exact) mass is 401 g/mol. The molecule has 0 radical (unpaired) electrons. The van der Waals surface area contributed by atoms with E-state index in [-0.39, 0.29) is 17.3 Å². The second kappa shape index (κ2) is 7.88. The Kier molecular flexibility index (Phi) is 4.96. The third-order valence-corrected chi connectivity index (χ3v) is 4.30. The lowest BCUT2D eigenvalue weighted by Gasteiger charge is -2.05. The van der Waals surface area contributed by atoms with Gasteiger partial charge in [-0.2, -0.15) is 0 Å². The summed E-state index contributed by atoms with van der Waals surface area (Å²) in [6, 6.07) is 17.8. The van der Waals surface area contributed by atoms with Gasteiger partial charge in [-0.1, -0.05) is 24.3 Å². The molecule has 148 valence electrons. The van der Waals surface area contributed by atoms with Crippen LogP contribution in [0.5, 0.6) is 5.75 Å². The Hall–Kier alpha value is -4.46. The van der Waals surface area contributed by atoms with Gasteiger partial charge in [-0.15, -0.1) is 0 Å². The molecular formula is C22H15N3O5. The van der Waals surface area contributed by atoms with Gasteiger partial charge in [0.05, 0.1) is 10.5 Å². The second-order valence-corrected chi connectivity index (χ2v) is 6.39. The fraction of sp³-hybridized carbons (Fsp3) is 0. The van der Waals surface area contributed by atoms with Crippen LogP contribution in [0.3, 0.4) is 0 Å². The number of fused-ring (bicyclic) bond motifs is 1. The van der Waals surface area contributed by atoms with Gasteiger partial charge in [-0.05, 0) is 35.9 Å². The van der Waals surface area contributed by atoms with Crippen LogP contribution in [-0.4, -0.2) is 20.9 Å². The van der Waals surface area contributed by atoms with Crippen molar-refractivity contribution in [2.75, 3.05) is 5.32 Å². The van der Waals surface area contributed by atoms with Crippen LogP contribution in [0.15, 0.2) is 77.2 Å². The van der Waals surface area contributed by atoms with Gasteiger partial charge in [0.25, 0.3) is 5.69 Å². The minimum Gasteiger partial charge on any atom is -0.507 e. The first-order valence-corrected chi connectivity index (χ1v) is 8.92. The summed E-state index contributed by atoms with van der Waals surface area (Å²) in [4.78, 5) is 26.8. The van der Waals surface area contributed by atoms with Gasteiger partial charge in [0.15, 0.2) is 5.58 Å². The lowest BCUT2D eigenvalue weighted by molar-refractivity contribution is -0.384. The van der Waals surface area contributed by atoms with Crippen molar-refractivity contribution in [3.8, 4) is 17.2 Å². The summed E-state index contributed by atoms with van der Waals surface area (Å²) < 4.78 is 5.65. The van der Waals surface area contributed by atoms with Crippen molar-refractivity contribution in [3.05, 3.63) is 88.5 Å². The maximum Gasteiger partial charge on any atom is 0.270 e. The van der Waals surface area contributed by atoms with Crippen LogP contribution in [0.4, 0.5) is 11.4 Å². The third kappa shape index (κ3) is 4.02. The number of amides is 1. The molecule has 2 N–H and O–H groups in total. The zero-order chi connectivity index (χ0) is 21.1. The Morgan fingerprint density at radius 2 is 1.93 bits per heavy atom. The summed E-state index contributed by atoms with van der Waals surface area (Å²) in [6.07, 6.45) is 2.72. The van der Waals surface area contributed by atoms with Crippen molar-refractivity contribution < 1.29 is 19.2 Å². The van der Waals surface area contributed by atoms with Crippen molar-refractivity contribution in [1.82, 2.24) is 4.98 Å². The van der Waals surface area contributed by atoms with Crippen LogP contribution in [0, 0.1) is 10.1 Å². The van der Waals surface area contributed by atoms with Gasteiger partial charge in [0.2, 0.25) is 11.8 Å². The molecule has 1 aromatic heterocycles. The normalized spacial score (nSPS) is 11.1. The number of rotatable bonds is 5. The SMILES string of the molecule is O=C(/C=C/c1cccc([N+](=O)[O-])c1)Nc1ccc(-c2nc3ccccc3o2)c(O)c1. The van der Waals surface area contributed by atoms with Gasteiger partial charge < -0.3 is 14.8 Å². The molecule has 0 aliphatic carbocycles. The van der Waals surface area contributed by atoms with E-state index in [9.17, 15) is 20.0 Å². The number of anilines is 1. The molecular weight excluding hydrogens is 386 g/mol. The number of hydrogen-bond acceptors (Lipinski definition) is 6. The van der Waals surface area contributed by atoms with Gasteiger partial charge in [-0.3, -0.25) is 14.9 Å². The maximum absolute atomic E-state index is 12.1. The van der Waals surface area contributed by atoms with Crippen LogP contribution in [-0.2, 0) is 4.79 Å². The summed E-state index contributed by atoms with van der Waals surface area (Å²) in [5.74, 6) is -0.269. The first-order chi connectivity index (χ1) is 14.5. The van der Waals surface area contributed by atoms with Crippen molar-refractivity contribution in [3.63, 3.8) is 0 Å². The number of phenolic OH excluding ortho intramolecular Hbond substituents is 1. The summed E-state index contributed by atoms with van der Waals surface area (Å²) >= 11 is 0. The topological polar surface area (TPSA) is 118 Å². The smallest absolute Gasteiger partial charge is 0.270 e. The van der Waals surface area contributed by atoms with Crippen molar-refractivity contribution in [1.29, 1.82) is 0 Å². The van der Waals surface area contributed by atoms with E-state index < -0.39 is 10.8 Å². The number of nitrogens with one attached hydrogen (secondary N) is 1. The fourth-order valence-electron chi connectivity index (χ4n) is 2.88. The lowest BCUT2D eigenvalue weighted by atomic mass is 10.1. The Morgan fingerprint density at radius 3 is 2.70 bits per heavy atom. The largest absolute Gasteiger partial charge is 0.507 e. The third-order valence-electron chi connectivity index (χ3n) is 4.30. The summed E-state index contributed by atoms with van der Waals surface area (Å²) in [7, 11) is 0. The standard InChI is InChI=1S/C22H15N3O5/c26-19-13-15(9-10-17(19)22-24-18-6-1-2-7-20(18)30-22)23-21(27)11-8-14-4-3-5-16(12-14)25(28)29/h1-13,26H,(H,23,27)/b11-8+. The zero-order valence-electron chi connectivity index (χ0n) is 15.5. The molecule has 8 nitrogen and oxygen atoms in total. The highest BCUT2D eigenvalue weighted by atomic mass is 16.6. The minimum absolute atomic E-state index is 0.0581. The molecule has 0 aliphatic heterocycles. The van der Waals surface area contributed by atoms with Crippen molar-refractivity contribution in [2.45, 2.75) is 0 Å². The van der Waals surface area contributed by atoms with Gasteiger partial charge in [0, 0.05) is 30.0 Å². The predicted octanol–water partition coefficient (Wildman–Crippen LogP) is 4.76. The summed E-state index contributed by atoms with van der Waals surface area (Å²) in [5.41, 5.74) is 2.52. The summed E-state index contributed by atoms with van der Waals surface area (Å²) in [6.45, 7) is 0. The molecule has 4 aromatic rings. The van der Waals surface area contributed by atoms with E-state index >= 15 is 0 Å². The van der Waals surface area contributed by atoms with E-state index in [1.807, 2.05) is 18.2 Å². The van der Waals surface area contributed by atoms with E-state index in [0.29, 0.717) is 27.9 Å². The molecule has 0 spiro atoms. The van der Waals surface area contributed by atoms with Gasteiger partial charge >= 0.3 is 0 Å². The fourth-order valence-corrected chi connectivity index (χ4v) is 2.88. The van der Waals surface area contributed by atoms with Gasteiger partial charge in [-0.25, -0.2) is 4.98 Å². The number of aromatic nitrogens is 1. The Labute approximate surface area is 170 Å². The second-order valence-electron chi connectivity index (χ2n) is 6.39. The van der Waals surface area contributed by atoms with Crippen molar-refractivity contribution in [2.24, 2.45) is 0 Å². The molecule has 1 amide bonds. The first-order valence-electron chi connectivity index (χ1n) is 8.92. The van der Waals surface area contributed by atoms with E-state index in [4.69, 9.17) is 4.42 Å². The number of nitro groups is 1. The molecule has 30 heavy (non-hydrogen) atoms. The lowest BCUT2D eigenvalue weighted by Crippen LogP contribution is -2.07. The Balaban J connectivity index is 1.48. The number of benzene rings is 3. The number of carbonyl (C=O) groups is 1. The molecule has 0 aliphatic rings. The highest BCUT2D eigenvalue weighted by Crippen LogP contribution is 2.33. The maximum atomic E-state index is 12.1. The molecule has 0 bridgehead atoms. The molecule has 4 rings (SSSR count). The average Bonchev–Trinajstić information content (AvgIpc) is 3.16. The number of aromatic hydroxyl groups is 1. The van der Waals surface area contributed by atoms with E-state index in [0.717, 1.165) is 0 Å². The average molecular weight is 401 g/mol. The van der Waals surface area contributed by atoms with E-state index in [1.54, 1.807) is 30.3 Å². The van der Waals surface area contributed by atoms with E-state index in [1.165, 1.54) is 30.4 Å². The molecule has 0 atom stereocenters. The Bertz CT molecular complexity index is 1260. The summed E-state index contributed by atoms with van der Waals surface area (Å²) in [5, 5.41) is 23.8. The van der Waals surface area contributed by atoms with Gasteiger partial charge in [0.1, 0.15) is 11.3 Å². The number of nitrogens with zero attached hydrogens (tertiary/aromatic N) is 2.